The van der Waals surface area contributed by atoms with Gasteiger partial charge in [-0.2, -0.15) is 0 Å². The van der Waals surface area contributed by atoms with Gasteiger partial charge in [0.25, 0.3) is 5.69 Å². The minimum Gasteiger partial charge on any atom is -0.359 e. The Morgan fingerprint density at radius 2 is 1.96 bits per heavy atom. The van der Waals surface area contributed by atoms with Crippen LogP contribution < -0.4 is 21.5 Å². The molecule has 4 N–H and O–H groups in total. The molecule has 0 radical (unpaired) electrons. The topological polar surface area (TPSA) is 108 Å². The Labute approximate surface area is 139 Å². The number of nitrogens with zero attached hydrogens (tertiary/aromatic N) is 1. The minimum atomic E-state index is -0.557. The molecule has 1 fully saturated rings. The third kappa shape index (κ3) is 5.70. The van der Waals surface area contributed by atoms with E-state index in [2.05, 4.69) is 21.5 Å². The number of rotatable bonds is 3. The first-order chi connectivity index (χ1) is 11.0. The van der Waals surface area contributed by atoms with Crippen molar-refractivity contribution < 1.29 is 9.72 Å². The van der Waals surface area contributed by atoms with E-state index in [4.69, 9.17) is 12.2 Å². The van der Waals surface area contributed by atoms with E-state index < -0.39 is 11.0 Å². The number of anilines is 1. The number of carbonyl (C=O) groups excluding carboxylic acids is 1. The van der Waals surface area contributed by atoms with Crippen LogP contribution in [0.5, 0.6) is 0 Å². The van der Waals surface area contributed by atoms with Crippen molar-refractivity contribution in [1.29, 1.82) is 0 Å². The Kier molecular flexibility index (Phi) is 6.10. The number of carbonyl (C=O) groups is 1. The van der Waals surface area contributed by atoms with E-state index in [-0.39, 0.29) is 5.69 Å². The Morgan fingerprint density at radius 1 is 1.22 bits per heavy atom. The van der Waals surface area contributed by atoms with Crippen LogP contribution >= 0.6 is 12.2 Å². The Bertz CT molecular complexity index is 590. The van der Waals surface area contributed by atoms with Gasteiger partial charge in [0.2, 0.25) is 0 Å². The van der Waals surface area contributed by atoms with Gasteiger partial charge in [-0.05, 0) is 31.1 Å². The lowest BCUT2D eigenvalue weighted by atomic mass is 9.96. The van der Waals surface area contributed by atoms with Crippen molar-refractivity contribution >= 4 is 34.7 Å². The molecule has 2 rings (SSSR count). The summed E-state index contributed by atoms with van der Waals surface area (Å²) in [5.41, 5.74) is 5.24. The maximum Gasteiger partial charge on any atom is 0.337 e. The van der Waals surface area contributed by atoms with Gasteiger partial charge in [-0.25, -0.2) is 10.2 Å². The van der Waals surface area contributed by atoms with Gasteiger partial charge in [0, 0.05) is 23.9 Å². The second-order valence-corrected chi connectivity index (χ2v) is 5.73. The van der Waals surface area contributed by atoms with E-state index in [0.717, 1.165) is 12.8 Å². The molecule has 1 aliphatic rings. The summed E-state index contributed by atoms with van der Waals surface area (Å²) in [4.78, 5) is 21.9. The second-order valence-electron chi connectivity index (χ2n) is 5.32. The molecule has 1 aliphatic carbocycles. The summed E-state index contributed by atoms with van der Waals surface area (Å²) in [7, 11) is 0. The molecule has 8 nitrogen and oxygen atoms in total. The van der Waals surface area contributed by atoms with Crippen molar-refractivity contribution in [3.05, 3.63) is 34.4 Å². The van der Waals surface area contributed by atoms with Crippen LogP contribution in [-0.4, -0.2) is 22.1 Å². The Morgan fingerprint density at radius 3 is 2.65 bits per heavy atom. The smallest absolute Gasteiger partial charge is 0.337 e. The zero-order valence-electron chi connectivity index (χ0n) is 12.5. The summed E-state index contributed by atoms with van der Waals surface area (Å²) in [6.07, 6.45) is 5.76. The number of nitro groups is 1. The number of hydrogen-bond acceptors (Lipinski definition) is 4. The van der Waals surface area contributed by atoms with Crippen molar-refractivity contribution in [3.8, 4) is 0 Å². The van der Waals surface area contributed by atoms with Gasteiger partial charge >= 0.3 is 6.03 Å². The number of non-ortho nitro benzene ring substituents is 1. The number of benzene rings is 1. The van der Waals surface area contributed by atoms with E-state index in [1.165, 1.54) is 37.5 Å². The summed E-state index contributed by atoms with van der Waals surface area (Å²) >= 11 is 5.12. The highest BCUT2D eigenvalue weighted by molar-refractivity contribution is 7.80. The maximum atomic E-state index is 11.7. The van der Waals surface area contributed by atoms with Crippen LogP contribution in [0.25, 0.3) is 0 Å². The lowest BCUT2D eigenvalue weighted by molar-refractivity contribution is -0.384. The highest BCUT2D eigenvalue weighted by Gasteiger charge is 2.14. The van der Waals surface area contributed by atoms with Crippen LogP contribution in [0.15, 0.2) is 24.3 Å². The van der Waals surface area contributed by atoms with Crippen LogP contribution in [-0.2, 0) is 0 Å². The molecule has 0 heterocycles. The molecule has 1 aromatic rings. The molecule has 0 saturated heterocycles. The molecular formula is C14H19N5O3S. The van der Waals surface area contributed by atoms with Crippen LogP contribution in [0, 0.1) is 10.1 Å². The third-order valence-corrected chi connectivity index (χ3v) is 3.76. The number of hydrogen-bond donors (Lipinski definition) is 4. The Balaban J connectivity index is 1.75. The van der Waals surface area contributed by atoms with Gasteiger partial charge in [-0.3, -0.25) is 15.5 Å². The van der Waals surface area contributed by atoms with E-state index in [1.807, 2.05) is 0 Å². The SMILES string of the molecule is O=C(NNC(=S)NC1CCCCC1)Nc1cccc([N+](=O)[O-])c1. The summed E-state index contributed by atoms with van der Waals surface area (Å²) < 4.78 is 0. The van der Waals surface area contributed by atoms with Crippen LogP contribution in [0.1, 0.15) is 32.1 Å². The third-order valence-electron chi connectivity index (χ3n) is 3.54. The van der Waals surface area contributed by atoms with E-state index in [0.29, 0.717) is 16.8 Å². The molecule has 0 spiro atoms. The van der Waals surface area contributed by atoms with Crippen LogP contribution in [0.3, 0.4) is 0 Å². The number of amides is 2. The molecule has 2 amide bonds. The van der Waals surface area contributed by atoms with Gasteiger partial charge in [-0.1, -0.05) is 25.3 Å². The molecular weight excluding hydrogens is 318 g/mol. The molecule has 124 valence electrons. The predicted molar refractivity (Wildman–Crippen MR) is 91.0 cm³/mol. The number of nitro benzene ring substituents is 1. The van der Waals surface area contributed by atoms with Crippen LogP contribution in [0.4, 0.5) is 16.2 Å². The standard InChI is InChI=1S/C14H19N5O3S/c20-13(15-11-7-4-8-12(9-11)19(21)22)17-18-14(23)16-10-5-2-1-3-6-10/h4,7-10H,1-3,5-6H2,(H2,15,17,20)(H2,16,18,23). The van der Waals surface area contributed by atoms with Gasteiger partial charge in [0.1, 0.15) is 0 Å². The average molecular weight is 337 g/mol. The highest BCUT2D eigenvalue weighted by Crippen LogP contribution is 2.17. The first-order valence-corrected chi connectivity index (χ1v) is 7.83. The maximum absolute atomic E-state index is 11.7. The lowest BCUT2D eigenvalue weighted by Crippen LogP contribution is -2.51. The quantitative estimate of drug-likeness (QED) is 0.383. The summed E-state index contributed by atoms with van der Waals surface area (Å²) in [6, 6.07) is 5.47. The fourth-order valence-corrected chi connectivity index (χ4v) is 2.66. The van der Waals surface area contributed by atoms with Gasteiger partial charge < -0.3 is 10.6 Å². The first kappa shape index (κ1) is 16.9. The highest BCUT2D eigenvalue weighted by atomic mass is 32.1. The zero-order chi connectivity index (χ0) is 16.7. The predicted octanol–water partition coefficient (Wildman–Crippen LogP) is 2.43. The molecule has 0 aromatic heterocycles. The normalized spacial score (nSPS) is 14.6. The Hall–Kier alpha value is -2.42. The number of urea groups is 1. The number of nitrogens with one attached hydrogen (secondary N) is 4. The molecule has 1 saturated carbocycles. The second kappa shape index (κ2) is 8.28. The van der Waals surface area contributed by atoms with Crippen molar-refractivity contribution in [2.24, 2.45) is 0 Å². The fraction of sp³-hybridized carbons (Fsp3) is 0.429. The minimum absolute atomic E-state index is 0.0924. The average Bonchev–Trinajstić information content (AvgIpc) is 2.54. The van der Waals surface area contributed by atoms with Crippen molar-refractivity contribution in [1.82, 2.24) is 16.2 Å². The van der Waals surface area contributed by atoms with E-state index >= 15 is 0 Å². The summed E-state index contributed by atoms with van der Waals surface area (Å²) in [5.74, 6) is 0. The van der Waals surface area contributed by atoms with Gasteiger partial charge in [-0.15, -0.1) is 0 Å². The fourth-order valence-electron chi connectivity index (χ4n) is 2.44. The lowest BCUT2D eigenvalue weighted by Gasteiger charge is -2.24. The molecule has 9 heteroatoms. The van der Waals surface area contributed by atoms with Crippen molar-refractivity contribution in [2.75, 3.05) is 5.32 Å². The number of hydrazine groups is 1. The van der Waals surface area contributed by atoms with Crippen molar-refractivity contribution in [3.63, 3.8) is 0 Å². The number of thiocarbonyl (C=S) groups is 1. The molecule has 1 aromatic carbocycles. The van der Waals surface area contributed by atoms with Gasteiger partial charge in [0.15, 0.2) is 5.11 Å². The summed E-state index contributed by atoms with van der Waals surface area (Å²) in [5, 5.41) is 16.7. The zero-order valence-corrected chi connectivity index (χ0v) is 13.3. The molecule has 23 heavy (non-hydrogen) atoms. The van der Waals surface area contributed by atoms with Gasteiger partial charge in [0.05, 0.1) is 4.92 Å². The molecule has 0 atom stereocenters. The molecule has 0 unspecified atom stereocenters. The first-order valence-electron chi connectivity index (χ1n) is 7.42. The van der Waals surface area contributed by atoms with Crippen molar-refractivity contribution in [2.45, 2.75) is 38.1 Å². The van der Waals surface area contributed by atoms with Crippen LogP contribution in [0.2, 0.25) is 0 Å². The molecule has 0 bridgehead atoms. The van der Waals surface area contributed by atoms with E-state index in [9.17, 15) is 14.9 Å². The van der Waals surface area contributed by atoms with E-state index in [1.54, 1.807) is 6.07 Å². The summed E-state index contributed by atoms with van der Waals surface area (Å²) in [6.45, 7) is 0. The molecule has 0 aliphatic heterocycles. The largest absolute Gasteiger partial charge is 0.359 e. The monoisotopic (exact) mass is 337 g/mol.